The largest absolute Gasteiger partial charge is 0.294 e. The molecule has 1 heterocycles. The van der Waals surface area contributed by atoms with Gasteiger partial charge in [0.1, 0.15) is 0 Å². The van der Waals surface area contributed by atoms with E-state index in [2.05, 4.69) is 106 Å². The molecule has 0 radical (unpaired) electrons. The van der Waals surface area contributed by atoms with Gasteiger partial charge in [0.2, 0.25) is 0 Å². The average Bonchev–Trinajstić information content (AvgIpc) is 3.09. The van der Waals surface area contributed by atoms with Crippen LogP contribution in [0.15, 0.2) is 82.4 Å². The molecule has 0 N–H and O–H groups in total. The Bertz CT molecular complexity index is 1000. The van der Waals surface area contributed by atoms with Gasteiger partial charge < -0.3 is 0 Å². The monoisotopic (exact) mass is 445 g/mol. The van der Waals surface area contributed by atoms with Crippen LogP contribution in [0.25, 0.3) is 11.1 Å². The van der Waals surface area contributed by atoms with Gasteiger partial charge in [-0.15, -0.1) is 0 Å². The summed E-state index contributed by atoms with van der Waals surface area (Å²) in [7, 11) is 0. The molecule has 1 fully saturated rings. The second-order valence-electron chi connectivity index (χ2n) is 7.76. The standard InChI is InChI=1S/C25H24BrN3/c1-18(19-10-12-20(26)13-11-19)27-29-16-14-28(15-17-29)25-23-8-4-2-6-21(23)22-7-3-5-9-24(22)25/h2-13,25H,14-17H2,1H3/b27-18+. The van der Waals surface area contributed by atoms with E-state index in [1.54, 1.807) is 0 Å². The van der Waals surface area contributed by atoms with Crippen molar-refractivity contribution in [3.63, 3.8) is 0 Å². The second-order valence-corrected chi connectivity index (χ2v) is 8.67. The molecule has 0 spiro atoms. The molecule has 0 atom stereocenters. The second kappa shape index (κ2) is 7.77. The molecule has 0 amide bonds. The van der Waals surface area contributed by atoms with Gasteiger partial charge in [-0.1, -0.05) is 76.6 Å². The molecule has 3 aromatic carbocycles. The van der Waals surface area contributed by atoms with Gasteiger partial charge in [-0.05, 0) is 46.9 Å². The van der Waals surface area contributed by atoms with Crippen LogP contribution in [0.1, 0.15) is 29.7 Å². The molecule has 3 nitrogen and oxygen atoms in total. The minimum atomic E-state index is 0.362. The van der Waals surface area contributed by atoms with Crippen molar-refractivity contribution < 1.29 is 0 Å². The SMILES string of the molecule is C/C(=N\N1CCN(C2c3ccccc3-c3ccccc32)CC1)c1ccc(Br)cc1. The van der Waals surface area contributed by atoms with Crippen molar-refractivity contribution in [2.75, 3.05) is 26.2 Å². The highest BCUT2D eigenvalue weighted by atomic mass is 79.9. The highest BCUT2D eigenvalue weighted by Crippen LogP contribution is 2.46. The van der Waals surface area contributed by atoms with Crippen molar-refractivity contribution >= 4 is 21.6 Å². The normalized spacial score (nSPS) is 17.3. The summed E-state index contributed by atoms with van der Waals surface area (Å²) >= 11 is 3.50. The Labute approximate surface area is 180 Å². The summed E-state index contributed by atoms with van der Waals surface area (Å²) in [5, 5.41) is 7.12. The van der Waals surface area contributed by atoms with E-state index in [0.29, 0.717) is 6.04 Å². The van der Waals surface area contributed by atoms with Crippen molar-refractivity contribution in [1.29, 1.82) is 0 Å². The van der Waals surface area contributed by atoms with Crippen LogP contribution in [0.4, 0.5) is 0 Å². The van der Waals surface area contributed by atoms with Crippen LogP contribution in [-0.4, -0.2) is 41.8 Å². The Morgan fingerprint density at radius 1 is 0.793 bits per heavy atom. The number of halogens is 1. The van der Waals surface area contributed by atoms with Gasteiger partial charge >= 0.3 is 0 Å². The zero-order chi connectivity index (χ0) is 19.8. The van der Waals surface area contributed by atoms with Crippen LogP contribution >= 0.6 is 15.9 Å². The first-order valence-electron chi connectivity index (χ1n) is 10.2. The summed E-state index contributed by atoms with van der Waals surface area (Å²) in [6, 6.07) is 26.5. The molecule has 0 aromatic heterocycles. The lowest BCUT2D eigenvalue weighted by Gasteiger charge is -2.37. The summed E-state index contributed by atoms with van der Waals surface area (Å²) in [5.41, 5.74) is 7.91. The van der Waals surface area contributed by atoms with Crippen molar-refractivity contribution in [1.82, 2.24) is 9.91 Å². The number of fused-ring (bicyclic) bond motifs is 3. The fourth-order valence-electron chi connectivity index (χ4n) is 4.55. The first kappa shape index (κ1) is 18.6. The zero-order valence-electron chi connectivity index (χ0n) is 16.6. The van der Waals surface area contributed by atoms with E-state index in [4.69, 9.17) is 5.10 Å². The summed E-state index contributed by atoms with van der Waals surface area (Å²) in [6.07, 6.45) is 0. The average molecular weight is 446 g/mol. The highest BCUT2D eigenvalue weighted by molar-refractivity contribution is 9.10. The molecule has 0 unspecified atom stereocenters. The lowest BCUT2D eigenvalue weighted by Crippen LogP contribution is -2.45. The number of hydrogen-bond acceptors (Lipinski definition) is 3. The van der Waals surface area contributed by atoms with Gasteiger partial charge in [0.15, 0.2) is 0 Å². The predicted octanol–water partition coefficient (Wildman–Crippen LogP) is 5.56. The van der Waals surface area contributed by atoms with Crippen molar-refractivity contribution in [3.8, 4) is 11.1 Å². The number of piperazine rings is 1. The zero-order valence-corrected chi connectivity index (χ0v) is 18.1. The Hall–Kier alpha value is -2.43. The fourth-order valence-corrected chi connectivity index (χ4v) is 4.82. The molecule has 146 valence electrons. The van der Waals surface area contributed by atoms with E-state index in [0.717, 1.165) is 36.4 Å². The van der Waals surface area contributed by atoms with Crippen LogP contribution < -0.4 is 0 Å². The third-order valence-corrected chi connectivity index (χ3v) is 6.54. The maximum Gasteiger partial charge on any atom is 0.0646 e. The molecule has 1 aliphatic carbocycles. The Morgan fingerprint density at radius 2 is 1.34 bits per heavy atom. The van der Waals surface area contributed by atoms with E-state index >= 15 is 0 Å². The van der Waals surface area contributed by atoms with Crippen LogP contribution in [0.5, 0.6) is 0 Å². The van der Waals surface area contributed by atoms with Gasteiger partial charge in [0.05, 0.1) is 11.8 Å². The van der Waals surface area contributed by atoms with E-state index in [-0.39, 0.29) is 0 Å². The highest BCUT2D eigenvalue weighted by Gasteiger charge is 2.33. The fraction of sp³-hybridized carbons (Fsp3) is 0.240. The molecule has 4 heteroatoms. The van der Waals surface area contributed by atoms with Crippen LogP contribution in [-0.2, 0) is 0 Å². The molecule has 1 aliphatic heterocycles. The molecule has 5 rings (SSSR count). The minimum absolute atomic E-state index is 0.362. The summed E-state index contributed by atoms with van der Waals surface area (Å²) in [4.78, 5) is 2.62. The smallest absolute Gasteiger partial charge is 0.0646 e. The Morgan fingerprint density at radius 3 is 1.93 bits per heavy atom. The van der Waals surface area contributed by atoms with Crippen molar-refractivity contribution in [2.45, 2.75) is 13.0 Å². The first-order valence-corrected chi connectivity index (χ1v) is 11.0. The number of hydrogen-bond donors (Lipinski definition) is 0. The van der Waals surface area contributed by atoms with Crippen LogP contribution in [0.3, 0.4) is 0 Å². The summed E-state index contributed by atoms with van der Waals surface area (Å²) in [5.74, 6) is 0. The molecular formula is C25H24BrN3. The third-order valence-electron chi connectivity index (χ3n) is 6.01. The molecule has 2 aliphatic rings. The van der Waals surface area contributed by atoms with Crippen LogP contribution in [0, 0.1) is 0 Å². The van der Waals surface area contributed by atoms with E-state index in [1.165, 1.54) is 27.8 Å². The lowest BCUT2D eigenvalue weighted by molar-refractivity contribution is 0.114. The van der Waals surface area contributed by atoms with Gasteiger partial charge in [0, 0.05) is 30.7 Å². The van der Waals surface area contributed by atoms with Gasteiger partial charge in [-0.2, -0.15) is 5.10 Å². The minimum Gasteiger partial charge on any atom is -0.294 e. The van der Waals surface area contributed by atoms with Gasteiger partial charge in [-0.3, -0.25) is 9.91 Å². The van der Waals surface area contributed by atoms with Gasteiger partial charge in [-0.25, -0.2) is 0 Å². The summed E-state index contributed by atoms with van der Waals surface area (Å²) in [6.45, 7) is 6.04. The molecule has 0 bridgehead atoms. The van der Waals surface area contributed by atoms with Gasteiger partial charge in [0.25, 0.3) is 0 Å². The van der Waals surface area contributed by atoms with Crippen molar-refractivity contribution in [3.05, 3.63) is 94.0 Å². The maximum absolute atomic E-state index is 4.89. The quantitative estimate of drug-likeness (QED) is 0.491. The third kappa shape index (κ3) is 3.52. The van der Waals surface area contributed by atoms with E-state index in [9.17, 15) is 0 Å². The number of nitrogens with zero attached hydrogens (tertiary/aromatic N) is 3. The summed E-state index contributed by atoms with van der Waals surface area (Å²) < 4.78 is 1.10. The molecule has 1 saturated heterocycles. The Kier molecular flexibility index (Phi) is 4.98. The maximum atomic E-state index is 4.89. The molecule has 0 saturated carbocycles. The molecule has 3 aromatic rings. The topological polar surface area (TPSA) is 18.8 Å². The number of benzene rings is 3. The number of hydrazone groups is 1. The predicted molar refractivity (Wildman–Crippen MR) is 123 cm³/mol. The first-order chi connectivity index (χ1) is 14.2. The van der Waals surface area contributed by atoms with E-state index in [1.807, 2.05) is 0 Å². The van der Waals surface area contributed by atoms with Crippen molar-refractivity contribution in [2.24, 2.45) is 5.10 Å². The molecule has 29 heavy (non-hydrogen) atoms. The Balaban J connectivity index is 1.33. The van der Waals surface area contributed by atoms with E-state index < -0.39 is 0 Å². The lowest BCUT2D eigenvalue weighted by atomic mass is 10.0. The van der Waals surface area contributed by atoms with Crippen LogP contribution in [0.2, 0.25) is 0 Å². The molecular weight excluding hydrogens is 422 g/mol. The number of rotatable bonds is 3.